The lowest BCUT2D eigenvalue weighted by Gasteiger charge is -2.32. The molecule has 0 unspecified atom stereocenters. The second-order valence-corrected chi connectivity index (χ2v) is 9.29. The molecule has 0 aliphatic heterocycles. The van der Waals surface area contributed by atoms with Gasteiger partial charge in [0.2, 0.25) is 0 Å². The van der Waals surface area contributed by atoms with Gasteiger partial charge in [0, 0.05) is 6.07 Å². The summed E-state index contributed by atoms with van der Waals surface area (Å²) in [6.45, 7) is 1.91. The van der Waals surface area contributed by atoms with Crippen molar-refractivity contribution >= 4 is 10.1 Å². The molecule has 1 rings (SSSR count). The number of methoxy groups -OCH3 is 1. The second kappa shape index (κ2) is 11.3. The van der Waals surface area contributed by atoms with Gasteiger partial charge in [-0.1, -0.05) is 39.0 Å². The van der Waals surface area contributed by atoms with Gasteiger partial charge in [0.15, 0.2) is 11.5 Å². The molecule has 0 aliphatic carbocycles. The van der Waals surface area contributed by atoms with Gasteiger partial charge in [0.25, 0.3) is 0 Å². The number of pyridine rings is 1. The summed E-state index contributed by atoms with van der Waals surface area (Å²) in [7, 11) is -6.82. The molecule has 0 N–H and O–H groups in total. The average Bonchev–Trinajstić information content (AvgIpc) is 2.73. The van der Waals surface area contributed by atoms with Crippen LogP contribution in [-0.4, -0.2) is 43.8 Å². The van der Waals surface area contributed by atoms with Gasteiger partial charge in [0.05, 0.1) is 12.8 Å². The van der Waals surface area contributed by atoms with Crippen LogP contribution >= 0.6 is 0 Å². The number of hydrogen-bond donors (Lipinski definition) is 0. The summed E-state index contributed by atoms with van der Waals surface area (Å²) in [5.41, 5.74) is -2.68. The molecule has 0 saturated carbocycles. The first kappa shape index (κ1) is 32.9. The summed E-state index contributed by atoms with van der Waals surface area (Å²) in [4.78, 5) is 3.19. The lowest BCUT2D eigenvalue weighted by atomic mass is 10.1. The van der Waals surface area contributed by atoms with Crippen molar-refractivity contribution in [1.82, 2.24) is 4.98 Å². The summed E-state index contributed by atoms with van der Waals surface area (Å²) in [5.74, 6) is -18.1. The number of halogens is 12. The Hall–Kier alpha value is -2.14. The largest absolute Gasteiger partial charge is 0.491 e. The van der Waals surface area contributed by atoms with E-state index < -0.39 is 62.5 Å². The minimum atomic E-state index is -7.63. The van der Waals surface area contributed by atoms with Crippen LogP contribution < -0.4 is 8.92 Å². The predicted octanol–water partition coefficient (Wildman–Crippen LogP) is 7.15. The third-order valence-electron chi connectivity index (χ3n) is 4.90. The SMILES string of the molecule is CCCCCCCCc1nc(C(F)(F)F)cc(OS(=O)(=O)C(F)(F)C(F)(F)C(F)(F)C(F)(F)F)c1OC. The maximum absolute atomic E-state index is 14.0. The normalized spacial score (nSPS) is 14.1. The van der Waals surface area contributed by atoms with Gasteiger partial charge < -0.3 is 8.92 Å². The molecule has 0 amide bonds. The van der Waals surface area contributed by atoms with Crippen LogP contribution in [0.15, 0.2) is 6.07 Å². The van der Waals surface area contributed by atoms with Crippen LogP contribution in [0.2, 0.25) is 0 Å². The first-order valence-corrected chi connectivity index (χ1v) is 11.8. The molecule has 1 aromatic heterocycles. The molecule has 216 valence electrons. The fourth-order valence-corrected chi connectivity index (χ4v) is 3.82. The van der Waals surface area contributed by atoms with Gasteiger partial charge in [0.1, 0.15) is 5.69 Å². The number of aryl methyl sites for hydroxylation is 1. The highest BCUT2D eigenvalue weighted by atomic mass is 32.2. The molecular formula is C19H21F12NO4S. The lowest BCUT2D eigenvalue weighted by molar-refractivity contribution is -0.382. The number of ether oxygens (including phenoxy) is 1. The van der Waals surface area contributed by atoms with Crippen LogP contribution in [0.25, 0.3) is 0 Å². The van der Waals surface area contributed by atoms with E-state index in [-0.39, 0.29) is 18.9 Å². The zero-order valence-electron chi connectivity index (χ0n) is 19.1. The molecule has 0 bridgehead atoms. The van der Waals surface area contributed by atoms with E-state index >= 15 is 0 Å². The molecule has 0 saturated heterocycles. The van der Waals surface area contributed by atoms with E-state index in [2.05, 4.69) is 13.9 Å². The Morgan fingerprint density at radius 3 is 1.78 bits per heavy atom. The Labute approximate surface area is 203 Å². The molecule has 0 spiro atoms. The van der Waals surface area contributed by atoms with E-state index in [4.69, 9.17) is 0 Å². The highest BCUT2D eigenvalue weighted by Crippen LogP contribution is 2.55. The third kappa shape index (κ3) is 6.85. The zero-order chi connectivity index (χ0) is 29.1. The standard InChI is InChI=1S/C19H21F12NO4S/c1-3-4-5-6-7-8-9-11-14(35-2)12(10-13(32-11)15(20,21)22)36-37(33,34)19(30,31)17(25,26)16(23,24)18(27,28)29/h10H,3-9H2,1-2H3. The van der Waals surface area contributed by atoms with Crippen LogP contribution in [0.3, 0.4) is 0 Å². The third-order valence-corrected chi connectivity index (χ3v) is 6.18. The summed E-state index contributed by atoms with van der Waals surface area (Å²) in [6.07, 6.45) is -9.43. The van der Waals surface area contributed by atoms with E-state index in [1.807, 2.05) is 6.92 Å². The van der Waals surface area contributed by atoms with Gasteiger partial charge in [-0.15, -0.1) is 0 Å². The molecule has 0 radical (unpaired) electrons. The number of unbranched alkanes of at least 4 members (excludes halogenated alkanes) is 5. The molecule has 0 fully saturated rings. The highest BCUT2D eigenvalue weighted by Gasteiger charge is 2.86. The minimum absolute atomic E-state index is 0.118. The van der Waals surface area contributed by atoms with Gasteiger partial charge in [-0.25, -0.2) is 4.98 Å². The summed E-state index contributed by atoms with van der Waals surface area (Å²) in [6, 6.07) is -0.364. The van der Waals surface area contributed by atoms with Crippen molar-refractivity contribution in [2.45, 2.75) is 81.3 Å². The maximum Gasteiger partial charge on any atom is 0.460 e. The van der Waals surface area contributed by atoms with Gasteiger partial charge >= 0.3 is 39.6 Å². The molecule has 18 heteroatoms. The Balaban J connectivity index is 3.52. The van der Waals surface area contributed by atoms with Crippen molar-refractivity contribution in [1.29, 1.82) is 0 Å². The smallest absolute Gasteiger partial charge is 0.460 e. The first-order valence-electron chi connectivity index (χ1n) is 10.4. The number of nitrogens with zero attached hydrogens (tertiary/aromatic N) is 1. The van der Waals surface area contributed by atoms with E-state index in [9.17, 15) is 61.1 Å². The monoisotopic (exact) mass is 587 g/mol. The van der Waals surface area contributed by atoms with Crippen LogP contribution in [0.4, 0.5) is 52.7 Å². The van der Waals surface area contributed by atoms with E-state index in [0.717, 1.165) is 19.3 Å². The summed E-state index contributed by atoms with van der Waals surface area (Å²) >= 11 is 0. The van der Waals surface area contributed by atoms with Crippen molar-refractivity contribution in [2.24, 2.45) is 0 Å². The molecule has 5 nitrogen and oxygen atoms in total. The molecule has 0 aromatic carbocycles. The lowest BCUT2D eigenvalue weighted by Crippen LogP contribution is -2.63. The number of alkyl halides is 12. The molecular weight excluding hydrogens is 566 g/mol. The fraction of sp³-hybridized carbons (Fsp3) is 0.737. The first-order chi connectivity index (χ1) is 16.6. The average molecular weight is 587 g/mol. The van der Waals surface area contributed by atoms with Crippen molar-refractivity contribution < 1.29 is 70.0 Å². The van der Waals surface area contributed by atoms with Gasteiger partial charge in [-0.2, -0.15) is 61.1 Å². The molecule has 1 aromatic rings. The van der Waals surface area contributed by atoms with Crippen molar-refractivity contribution in [2.75, 3.05) is 7.11 Å². The van der Waals surface area contributed by atoms with Crippen LogP contribution in [0.5, 0.6) is 11.5 Å². The predicted molar refractivity (Wildman–Crippen MR) is 103 cm³/mol. The Bertz CT molecular complexity index is 1020. The number of hydrogen-bond acceptors (Lipinski definition) is 5. The van der Waals surface area contributed by atoms with Gasteiger partial charge in [-0.05, 0) is 12.8 Å². The van der Waals surface area contributed by atoms with Crippen molar-refractivity contribution in [3.05, 3.63) is 17.5 Å². The Kier molecular flexibility index (Phi) is 10.1. The molecule has 0 atom stereocenters. The van der Waals surface area contributed by atoms with Crippen LogP contribution in [0, 0.1) is 0 Å². The summed E-state index contributed by atoms with van der Waals surface area (Å²) in [5, 5.41) is -7.27. The minimum Gasteiger partial charge on any atom is -0.491 e. The Morgan fingerprint density at radius 2 is 1.32 bits per heavy atom. The van der Waals surface area contributed by atoms with Crippen molar-refractivity contribution in [3.63, 3.8) is 0 Å². The summed E-state index contributed by atoms with van der Waals surface area (Å²) < 4.78 is 190. The van der Waals surface area contributed by atoms with Crippen LogP contribution in [0.1, 0.15) is 56.8 Å². The fourth-order valence-electron chi connectivity index (χ4n) is 2.92. The topological polar surface area (TPSA) is 65.5 Å². The van der Waals surface area contributed by atoms with Gasteiger partial charge in [-0.3, -0.25) is 0 Å². The second-order valence-electron chi connectivity index (χ2n) is 7.70. The van der Waals surface area contributed by atoms with E-state index in [0.29, 0.717) is 20.0 Å². The Morgan fingerprint density at radius 1 is 0.811 bits per heavy atom. The number of aromatic nitrogens is 1. The molecule has 0 aliphatic rings. The van der Waals surface area contributed by atoms with Crippen LogP contribution in [-0.2, 0) is 22.7 Å². The molecule has 37 heavy (non-hydrogen) atoms. The zero-order valence-corrected chi connectivity index (χ0v) is 19.9. The molecule has 1 heterocycles. The van der Waals surface area contributed by atoms with Crippen molar-refractivity contribution in [3.8, 4) is 11.5 Å². The maximum atomic E-state index is 14.0. The van der Waals surface area contributed by atoms with E-state index in [1.54, 1.807) is 0 Å². The quantitative estimate of drug-likeness (QED) is 0.139. The van der Waals surface area contributed by atoms with E-state index in [1.165, 1.54) is 0 Å². The number of rotatable bonds is 13. The highest BCUT2D eigenvalue weighted by molar-refractivity contribution is 7.88.